The van der Waals surface area contributed by atoms with Crippen LogP contribution in [0, 0.1) is 0 Å². The molecule has 0 atom stereocenters. The fourth-order valence-electron chi connectivity index (χ4n) is 1.70. The summed E-state index contributed by atoms with van der Waals surface area (Å²) in [6, 6.07) is 5.21. The van der Waals surface area contributed by atoms with Crippen molar-refractivity contribution in [1.29, 1.82) is 0 Å². The summed E-state index contributed by atoms with van der Waals surface area (Å²) >= 11 is 12.1. The van der Waals surface area contributed by atoms with E-state index in [9.17, 15) is 0 Å². The Labute approximate surface area is 109 Å². The molecule has 2 aromatic rings. The quantitative estimate of drug-likeness (QED) is 0.910. The molecule has 1 heterocycles. The number of rotatable bonds is 3. The zero-order valence-corrected chi connectivity index (χ0v) is 10.8. The maximum absolute atomic E-state index is 6.12. The number of hydrogen-bond acceptors (Lipinski definition) is 3. The molecule has 0 spiro atoms. The van der Waals surface area contributed by atoms with Gasteiger partial charge in [-0.15, -0.1) is 0 Å². The Morgan fingerprint density at radius 3 is 2.82 bits per heavy atom. The first kappa shape index (κ1) is 12.3. The monoisotopic (exact) mass is 270 g/mol. The van der Waals surface area contributed by atoms with Crippen molar-refractivity contribution in [3.8, 4) is 11.3 Å². The van der Waals surface area contributed by atoms with Gasteiger partial charge in [0.15, 0.2) is 11.6 Å². The Balaban J connectivity index is 2.56. The predicted octanol–water partition coefficient (Wildman–Crippen LogP) is 4.18. The molecule has 1 aromatic heterocycles. The van der Waals surface area contributed by atoms with Gasteiger partial charge in [-0.05, 0) is 24.6 Å². The number of aromatic nitrogens is 1. The Hall–Kier alpha value is -1.19. The van der Waals surface area contributed by atoms with Gasteiger partial charge in [0.1, 0.15) is 0 Å². The smallest absolute Gasteiger partial charge is 0.173 e. The fourth-order valence-corrected chi connectivity index (χ4v) is 2.07. The maximum Gasteiger partial charge on any atom is 0.173 e. The normalized spacial score (nSPS) is 10.8. The van der Waals surface area contributed by atoms with Crippen molar-refractivity contribution in [3.05, 3.63) is 33.8 Å². The molecule has 0 radical (unpaired) electrons. The lowest BCUT2D eigenvalue weighted by atomic mass is 10.0. The van der Waals surface area contributed by atoms with Gasteiger partial charge in [-0.2, -0.15) is 0 Å². The summed E-state index contributed by atoms with van der Waals surface area (Å²) in [6.45, 7) is 2.07. The van der Waals surface area contributed by atoms with E-state index in [1.165, 1.54) is 0 Å². The summed E-state index contributed by atoms with van der Waals surface area (Å²) in [5.74, 6) is 1.02. The third-order valence-corrected chi connectivity index (χ3v) is 3.06. The van der Waals surface area contributed by atoms with Crippen LogP contribution in [0.1, 0.15) is 18.9 Å². The zero-order valence-electron chi connectivity index (χ0n) is 9.34. The lowest BCUT2D eigenvalue weighted by Gasteiger charge is -2.03. The zero-order chi connectivity index (χ0) is 12.4. The van der Waals surface area contributed by atoms with E-state index in [4.69, 9.17) is 33.5 Å². The molecule has 0 amide bonds. The molecule has 2 rings (SSSR count). The van der Waals surface area contributed by atoms with Crippen molar-refractivity contribution in [1.82, 2.24) is 5.16 Å². The molecule has 0 saturated carbocycles. The van der Waals surface area contributed by atoms with Crippen molar-refractivity contribution >= 4 is 29.0 Å². The van der Waals surface area contributed by atoms with Crippen LogP contribution in [-0.2, 0) is 6.42 Å². The molecule has 1 aromatic carbocycles. The summed E-state index contributed by atoms with van der Waals surface area (Å²) in [5.41, 5.74) is 7.39. The minimum absolute atomic E-state index is 0.415. The lowest BCUT2D eigenvalue weighted by molar-refractivity contribution is 0.435. The highest BCUT2D eigenvalue weighted by Gasteiger charge is 2.17. The molecule has 90 valence electrons. The van der Waals surface area contributed by atoms with Crippen LogP contribution in [-0.4, -0.2) is 5.16 Å². The van der Waals surface area contributed by atoms with Gasteiger partial charge in [-0.1, -0.05) is 41.7 Å². The number of halogens is 2. The van der Waals surface area contributed by atoms with Crippen LogP contribution in [0.2, 0.25) is 10.0 Å². The second kappa shape index (κ2) is 4.98. The molecular weight excluding hydrogens is 259 g/mol. The van der Waals surface area contributed by atoms with Gasteiger partial charge < -0.3 is 10.3 Å². The van der Waals surface area contributed by atoms with Gasteiger partial charge in [0.25, 0.3) is 0 Å². The second-order valence-corrected chi connectivity index (χ2v) is 4.59. The van der Waals surface area contributed by atoms with Crippen LogP contribution in [0.3, 0.4) is 0 Å². The average Bonchev–Trinajstić information content (AvgIpc) is 2.65. The van der Waals surface area contributed by atoms with Gasteiger partial charge in [0.05, 0.1) is 5.02 Å². The molecular formula is C12H12Cl2N2O. The van der Waals surface area contributed by atoms with Crippen molar-refractivity contribution in [2.75, 3.05) is 5.73 Å². The minimum Gasteiger partial charge on any atom is -0.381 e. The Morgan fingerprint density at radius 1 is 1.35 bits per heavy atom. The average molecular weight is 271 g/mol. The van der Waals surface area contributed by atoms with Crippen molar-refractivity contribution < 1.29 is 4.52 Å². The van der Waals surface area contributed by atoms with Crippen LogP contribution in [0.15, 0.2) is 22.7 Å². The van der Waals surface area contributed by atoms with Crippen LogP contribution in [0.4, 0.5) is 5.82 Å². The fraction of sp³-hybridized carbons (Fsp3) is 0.250. The molecule has 0 fully saturated rings. The number of anilines is 1. The minimum atomic E-state index is 0.415. The van der Waals surface area contributed by atoms with Gasteiger partial charge >= 0.3 is 0 Å². The number of nitrogens with zero attached hydrogens (tertiary/aromatic N) is 1. The van der Waals surface area contributed by atoms with Gasteiger partial charge in [0.2, 0.25) is 0 Å². The standard InChI is InChI=1S/C12H12Cl2N2O/c1-2-3-8-11(17-16-12(8)15)9-6-7(13)4-5-10(9)14/h4-6H,2-3H2,1H3,(H2,15,16). The molecule has 3 nitrogen and oxygen atoms in total. The first-order valence-electron chi connectivity index (χ1n) is 5.33. The first-order chi connectivity index (χ1) is 8.13. The third-order valence-electron chi connectivity index (χ3n) is 2.49. The number of nitrogen functional groups attached to an aromatic ring is 1. The van der Waals surface area contributed by atoms with E-state index in [0.717, 1.165) is 24.0 Å². The van der Waals surface area contributed by atoms with E-state index < -0.39 is 0 Å². The highest BCUT2D eigenvalue weighted by atomic mass is 35.5. The summed E-state index contributed by atoms with van der Waals surface area (Å²) in [5, 5.41) is 4.95. The topological polar surface area (TPSA) is 52.0 Å². The van der Waals surface area contributed by atoms with Crippen molar-refractivity contribution in [2.24, 2.45) is 0 Å². The molecule has 2 N–H and O–H groups in total. The number of nitrogens with two attached hydrogens (primary N) is 1. The van der Waals surface area contributed by atoms with E-state index in [0.29, 0.717) is 21.6 Å². The van der Waals surface area contributed by atoms with Crippen LogP contribution in [0.25, 0.3) is 11.3 Å². The van der Waals surface area contributed by atoms with Crippen molar-refractivity contribution in [2.45, 2.75) is 19.8 Å². The van der Waals surface area contributed by atoms with Gasteiger partial charge in [0, 0.05) is 16.1 Å². The van der Waals surface area contributed by atoms with Gasteiger partial charge in [-0.25, -0.2) is 0 Å². The predicted molar refractivity (Wildman–Crippen MR) is 70.4 cm³/mol. The highest BCUT2D eigenvalue weighted by molar-refractivity contribution is 6.35. The van der Waals surface area contributed by atoms with E-state index in [2.05, 4.69) is 12.1 Å². The van der Waals surface area contributed by atoms with E-state index in [-0.39, 0.29) is 0 Å². The van der Waals surface area contributed by atoms with E-state index in [1.54, 1.807) is 18.2 Å². The molecule has 0 unspecified atom stereocenters. The molecule has 0 aliphatic rings. The maximum atomic E-state index is 6.12. The van der Waals surface area contributed by atoms with Gasteiger partial charge in [-0.3, -0.25) is 0 Å². The molecule has 0 saturated heterocycles. The Morgan fingerprint density at radius 2 is 2.12 bits per heavy atom. The third kappa shape index (κ3) is 2.40. The molecule has 17 heavy (non-hydrogen) atoms. The number of hydrogen-bond donors (Lipinski definition) is 1. The van der Waals surface area contributed by atoms with E-state index in [1.807, 2.05) is 0 Å². The van der Waals surface area contributed by atoms with Crippen LogP contribution < -0.4 is 5.73 Å². The van der Waals surface area contributed by atoms with Crippen LogP contribution in [0.5, 0.6) is 0 Å². The van der Waals surface area contributed by atoms with E-state index >= 15 is 0 Å². The molecule has 0 aliphatic carbocycles. The molecule has 0 aliphatic heterocycles. The summed E-state index contributed by atoms with van der Waals surface area (Å²) in [6.07, 6.45) is 1.75. The van der Waals surface area contributed by atoms with Crippen molar-refractivity contribution in [3.63, 3.8) is 0 Å². The Kier molecular flexibility index (Phi) is 3.60. The highest BCUT2D eigenvalue weighted by Crippen LogP contribution is 2.35. The number of benzene rings is 1. The SMILES string of the molecule is CCCc1c(N)noc1-c1cc(Cl)ccc1Cl. The first-order valence-corrected chi connectivity index (χ1v) is 6.08. The van der Waals surface area contributed by atoms with Crippen LogP contribution >= 0.6 is 23.2 Å². The summed E-state index contributed by atoms with van der Waals surface area (Å²) in [7, 11) is 0. The summed E-state index contributed by atoms with van der Waals surface area (Å²) in [4.78, 5) is 0. The Bertz CT molecular complexity index is 537. The second-order valence-electron chi connectivity index (χ2n) is 3.75. The lowest BCUT2D eigenvalue weighted by Crippen LogP contribution is -1.93. The largest absolute Gasteiger partial charge is 0.381 e. The molecule has 0 bridgehead atoms. The molecule has 5 heteroatoms. The summed E-state index contributed by atoms with van der Waals surface area (Å²) < 4.78 is 5.25.